The largest absolute Gasteiger partial charge is 0.481 e. The van der Waals surface area contributed by atoms with E-state index in [2.05, 4.69) is 16.3 Å². The van der Waals surface area contributed by atoms with Gasteiger partial charge in [-0.1, -0.05) is 17.7 Å². The van der Waals surface area contributed by atoms with Crippen LogP contribution in [-0.2, 0) is 16.0 Å². The summed E-state index contributed by atoms with van der Waals surface area (Å²) in [5.74, 6) is -0.466. The molecule has 0 bridgehead atoms. The molecule has 0 amide bonds. The number of fused-ring (bicyclic) bond motifs is 2. The molecule has 170 valence electrons. The highest BCUT2D eigenvalue weighted by Crippen LogP contribution is 2.41. The van der Waals surface area contributed by atoms with Crippen LogP contribution in [0.15, 0.2) is 28.7 Å². The van der Waals surface area contributed by atoms with E-state index in [1.807, 2.05) is 24.3 Å². The number of anilines is 1. The highest BCUT2D eigenvalue weighted by molar-refractivity contribution is 6.35. The van der Waals surface area contributed by atoms with E-state index in [0.29, 0.717) is 52.9 Å². The molecule has 0 radical (unpaired) electrons. The second kappa shape index (κ2) is 9.02. The van der Waals surface area contributed by atoms with Gasteiger partial charge in [0.2, 0.25) is 5.89 Å². The van der Waals surface area contributed by atoms with Gasteiger partial charge in [-0.3, -0.25) is 4.79 Å². The Bertz CT molecular complexity index is 1260. The summed E-state index contributed by atoms with van der Waals surface area (Å²) < 4.78 is 11.6. The van der Waals surface area contributed by atoms with Gasteiger partial charge in [0.15, 0.2) is 5.58 Å². The van der Waals surface area contributed by atoms with E-state index in [0.717, 1.165) is 42.7 Å². The molecule has 9 heteroatoms. The molecule has 1 atom stereocenters. The number of nitrogens with one attached hydrogen (secondary N) is 1. The average Bonchev–Trinajstić information content (AvgIpc) is 3.42. The van der Waals surface area contributed by atoms with Crippen LogP contribution in [0.25, 0.3) is 22.6 Å². The van der Waals surface area contributed by atoms with Crippen LogP contribution >= 0.6 is 11.6 Å². The minimum absolute atomic E-state index is 0.00997. The molecule has 1 fully saturated rings. The molecule has 8 nitrogen and oxygen atoms in total. The number of nitriles is 1. The molecule has 0 saturated carbocycles. The third-order valence-electron chi connectivity index (χ3n) is 6.28. The Morgan fingerprint density at radius 3 is 2.94 bits per heavy atom. The van der Waals surface area contributed by atoms with Gasteiger partial charge >= 0.3 is 5.97 Å². The Labute approximate surface area is 195 Å². The van der Waals surface area contributed by atoms with Crippen molar-refractivity contribution in [2.24, 2.45) is 0 Å². The molecule has 1 aliphatic carbocycles. The van der Waals surface area contributed by atoms with E-state index < -0.39 is 5.97 Å². The number of benzene rings is 2. The average molecular weight is 467 g/mol. The normalized spacial score (nSPS) is 17.8. The van der Waals surface area contributed by atoms with Gasteiger partial charge in [0.25, 0.3) is 0 Å². The third kappa shape index (κ3) is 4.04. The Hall–Kier alpha value is -3.12. The molecular weight excluding hydrogens is 444 g/mol. The van der Waals surface area contributed by atoms with Crippen molar-refractivity contribution in [3.63, 3.8) is 0 Å². The number of aliphatic carboxylic acids is 1. The lowest BCUT2D eigenvalue weighted by Gasteiger charge is -2.29. The number of ether oxygens (including phenoxy) is 1. The molecule has 2 aliphatic rings. The lowest BCUT2D eigenvalue weighted by Crippen LogP contribution is -2.36. The summed E-state index contributed by atoms with van der Waals surface area (Å²) in [4.78, 5) is 17.7. The summed E-state index contributed by atoms with van der Waals surface area (Å²) in [5, 5.41) is 22.7. The maximum Gasteiger partial charge on any atom is 0.304 e. The van der Waals surface area contributed by atoms with Gasteiger partial charge in [-0.15, -0.1) is 0 Å². The Balaban J connectivity index is 1.52. The summed E-state index contributed by atoms with van der Waals surface area (Å²) in [6.45, 7) is 3.20. The minimum Gasteiger partial charge on any atom is -0.481 e. The van der Waals surface area contributed by atoms with Gasteiger partial charge in [0, 0.05) is 25.7 Å². The van der Waals surface area contributed by atoms with E-state index in [1.165, 1.54) is 0 Å². The second-order valence-corrected chi connectivity index (χ2v) is 8.60. The van der Waals surface area contributed by atoms with Crippen molar-refractivity contribution in [3.8, 4) is 17.5 Å². The van der Waals surface area contributed by atoms with Crippen molar-refractivity contribution >= 4 is 34.4 Å². The smallest absolute Gasteiger partial charge is 0.304 e. The molecule has 33 heavy (non-hydrogen) atoms. The van der Waals surface area contributed by atoms with Crippen molar-refractivity contribution in [2.75, 3.05) is 37.7 Å². The van der Waals surface area contributed by atoms with Crippen molar-refractivity contribution in [1.82, 2.24) is 10.3 Å². The summed E-state index contributed by atoms with van der Waals surface area (Å²) in [5.41, 5.74) is 5.06. The van der Waals surface area contributed by atoms with Gasteiger partial charge < -0.3 is 24.5 Å². The Morgan fingerprint density at radius 1 is 1.36 bits per heavy atom. The predicted octanol–water partition coefficient (Wildman–Crippen LogP) is 3.91. The molecule has 2 N–H and O–H groups in total. The molecule has 0 spiro atoms. The van der Waals surface area contributed by atoms with Crippen LogP contribution in [0, 0.1) is 11.3 Å². The van der Waals surface area contributed by atoms with Crippen LogP contribution in [0.1, 0.15) is 35.6 Å². The zero-order chi connectivity index (χ0) is 22.9. The Morgan fingerprint density at radius 2 is 2.18 bits per heavy atom. The quantitative estimate of drug-likeness (QED) is 0.562. The fourth-order valence-electron chi connectivity index (χ4n) is 4.68. The van der Waals surface area contributed by atoms with Gasteiger partial charge in [-0.05, 0) is 42.2 Å². The first-order valence-corrected chi connectivity index (χ1v) is 11.4. The number of nitrogens with zero attached hydrogens (tertiary/aromatic N) is 3. The van der Waals surface area contributed by atoms with Crippen LogP contribution in [0.4, 0.5) is 5.69 Å². The first-order valence-electron chi connectivity index (χ1n) is 11.0. The molecule has 1 saturated heterocycles. The van der Waals surface area contributed by atoms with E-state index in [9.17, 15) is 10.1 Å². The number of carboxylic acids is 1. The monoisotopic (exact) mass is 466 g/mol. The van der Waals surface area contributed by atoms with E-state index in [4.69, 9.17) is 30.8 Å². The van der Waals surface area contributed by atoms with Gasteiger partial charge in [0.1, 0.15) is 17.1 Å². The molecular formula is C24H23ClN4O4. The summed E-state index contributed by atoms with van der Waals surface area (Å²) in [6, 6.07) is 10.0. The second-order valence-electron chi connectivity index (χ2n) is 8.23. The van der Waals surface area contributed by atoms with Crippen molar-refractivity contribution in [2.45, 2.75) is 25.3 Å². The fourth-order valence-corrected chi connectivity index (χ4v) is 5.01. The number of morpholine rings is 1. The summed E-state index contributed by atoms with van der Waals surface area (Å²) in [7, 11) is 0. The number of hydrogen-bond donors (Lipinski definition) is 2. The lowest BCUT2D eigenvalue weighted by atomic mass is 10.0. The summed E-state index contributed by atoms with van der Waals surface area (Å²) in [6.07, 6.45) is 1.57. The molecule has 2 heterocycles. The maximum atomic E-state index is 10.9. The van der Waals surface area contributed by atoms with Crippen molar-refractivity contribution < 1.29 is 19.1 Å². The highest BCUT2D eigenvalue weighted by Gasteiger charge is 2.29. The summed E-state index contributed by atoms with van der Waals surface area (Å²) >= 11 is 6.78. The first kappa shape index (κ1) is 21.7. The van der Waals surface area contributed by atoms with Crippen LogP contribution in [-0.4, -0.2) is 48.9 Å². The van der Waals surface area contributed by atoms with E-state index in [1.54, 1.807) is 0 Å². The number of aromatic nitrogens is 1. The van der Waals surface area contributed by atoms with Gasteiger partial charge in [-0.2, -0.15) is 5.26 Å². The van der Waals surface area contributed by atoms with Crippen molar-refractivity contribution in [1.29, 1.82) is 5.26 Å². The van der Waals surface area contributed by atoms with E-state index in [-0.39, 0.29) is 12.5 Å². The number of halogens is 1. The Kier molecular flexibility index (Phi) is 5.94. The number of oxazole rings is 1. The predicted molar refractivity (Wildman–Crippen MR) is 124 cm³/mol. The zero-order valence-corrected chi connectivity index (χ0v) is 18.7. The molecule has 1 aliphatic heterocycles. The highest BCUT2D eigenvalue weighted by atomic mass is 35.5. The van der Waals surface area contributed by atoms with Crippen LogP contribution in [0.2, 0.25) is 5.02 Å². The number of carboxylic acid groups (broad SMARTS) is 1. The van der Waals surface area contributed by atoms with Crippen LogP contribution in [0.3, 0.4) is 0 Å². The maximum absolute atomic E-state index is 10.9. The van der Waals surface area contributed by atoms with Crippen LogP contribution < -0.4 is 10.2 Å². The van der Waals surface area contributed by atoms with E-state index >= 15 is 0 Å². The third-order valence-corrected chi connectivity index (χ3v) is 6.68. The number of hydrogen-bond acceptors (Lipinski definition) is 7. The number of rotatable bonds is 6. The lowest BCUT2D eigenvalue weighted by molar-refractivity contribution is -0.136. The van der Waals surface area contributed by atoms with Crippen molar-refractivity contribution in [3.05, 3.63) is 46.0 Å². The first-order chi connectivity index (χ1) is 16.1. The molecule has 3 aromatic rings. The molecule has 1 aromatic heterocycles. The molecule has 5 rings (SSSR count). The molecule has 0 unspecified atom stereocenters. The van der Waals surface area contributed by atoms with Gasteiger partial charge in [-0.25, -0.2) is 4.98 Å². The fraction of sp³-hybridized carbons (Fsp3) is 0.375. The van der Waals surface area contributed by atoms with Crippen LogP contribution in [0.5, 0.6) is 0 Å². The minimum atomic E-state index is -0.841. The zero-order valence-electron chi connectivity index (χ0n) is 17.9. The number of carbonyl (C=O) groups is 1. The standard InChI is InChI=1S/C24H23ClN4O4/c25-22-15(2-1-3-20(22)29-8-10-32-11-9-29)24-28-19-12-16-14(17(13-26)23(19)33-24)4-5-18(16)27-7-6-21(30)31/h1-3,12,18,27H,4-11H2,(H,30,31)/t18-/m1/s1. The topological polar surface area (TPSA) is 112 Å². The van der Waals surface area contributed by atoms with Gasteiger partial charge in [0.05, 0.1) is 35.9 Å². The SMILES string of the molecule is N#Cc1c2c(cc3nc(-c4cccc(N5CCOCC5)c4Cl)oc13)[C@H](NCCC(=O)O)CC2. The molecule has 2 aromatic carbocycles.